The molecule has 1 rings (SSSR count). The number of ether oxygens (including phenoxy) is 4. The molecule has 0 aliphatic carbocycles. The Balaban J connectivity index is 2.15. The summed E-state index contributed by atoms with van der Waals surface area (Å²) in [6.07, 6.45) is -2.98. The van der Waals surface area contributed by atoms with Gasteiger partial charge in [-0.15, -0.1) is 0 Å². The molecule has 0 radical (unpaired) electrons. The highest BCUT2D eigenvalue weighted by atomic mass is 16.6. The van der Waals surface area contributed by atoms with Gasteiger partial charge in [0.15, 0.2) is 0 Å². The maximum Gasteiger partial charge on any atom is 0.338 e. The molecule has 9 nitrogen and oxygen atoms in total. The van der Waals surface area contributed by atoms with Crippen molar-refractivity contribution in [2.45, 2.75) is 18.3 Å². The second-order valence-corrected chi connectivity index (χ2v) is 5.55. The molecular weight excluding hydrogens is 348 g/mol. The number of benzene rings is 1. The third-order valence-corrected chi connectivity index (χ3v) is 3.18. The highest BCUT2D eigenvalue weighted by Gasteiger charge is 2.13. The molecule has 0 aliphatic rings. The lowest BCUT2D eigenvalue weighted by Gasteiger charge is -2.15. The van der Waals surface area contributed by atoms with Gasteiger partial charge in [0.05, 0.1) is 45.7 Å². The number of methoxy groups -OCH3 is 1. The van der Waals surface area contributed by atoms with E-state index in [4.69, 9.17) is 29.2 Å². The van der Waals surface area contributed by atoms with Crippen LogP contribution < -0.4 is 4.74 Å². The maximum absolute atomic E-state index is 11.8. The van der Waals surface area contributed by atoms with E-state index >= 15 is 0 Å². The molecule has 1 aromatic rings. The molecule has 0 aromatic heterocycles. The third kappa shape index (κ3) is 9.09. The summed E-state index contributed by atoms with van der Waals surface area (Å²) < 4.78 is 20.0. The number of aliphatic hydroxyl groups excluding tert-OH is 4. The van der Waals surface area contributed by atoms with Gasteiger partial charge in [0.25, 0.3) is 0 Å². The van der Waals surface area contributed by atoms with E-state index in [1.165, 1.54) is 7.11 Å². The molecule has 0 bridgehead atoms. The van der Waals surface area contributed by atoms with Crippen molar-refractivity contribution in [2.24, 2.45) is 0 Å². The standard InChI is InChI=1S/C17H26O9/c1-23-16-4-2-12(3-5-16)17(22)26-11-15(21)10-25-9-14(20)8-24-7-13(19)6-18/h2-5,13-15,18-21H,6-11H2,1H3. The average Bonchev–Trinajstić information content (AvgIpc) is 2.65. The first-order valence-corrected chi connectivity index (χ1v) is 8.08. The third-order valence-electron chi connectivity index (χ3n) is 3.18. The summed E-state index contributed by atoms with van der Waals surface area (Å²) in [7, 11) is 1.52. The van der Waals surface area contributed by atoms with Gasteiger partial charge in [0, 0.05) is 0 Å². The molecule has 148 valence electrons. The Morgan fingerprint density at radius 3 is 1.88 bits per heavy atom. The molecule has 1 aromatic carbocycles. The van der Waals surface area contributed by atoms with Crippen LogP contribution in [-0.2, 0) is 14.2 Å². The molecule has 26 heavy (non-hydrogen) atoms. The molecule has 0 saturated carbocycles. The van der Waals surface area contributed by atoms with E-state index in [9.17, 15) is 15.0 Å². The Morgan fingerprint density at radius 2 is 1.38 bits per heavy atom. The number of rotatable bonds is 13. The van der Waals surface area contributed by atoms with Crippen molar-refractivity contribution in [3.63, 3.8) is 0 Å². The second-order valence-electron chi connectivity index (χ2n) is 5.55. The Labute approximate surface area is 151 Å². The minimum absolute atomic E-state index is 0.0837. The van der Waals surface area contributed by atoms with Gasteiger partial charge in [-0.2, -0.15) is 0 Å². The zero-order valence-corrected chi connectivity index (χ0v) is 14.6. The van der Waals surface area contributed by atoms with Crippen molar-refractivity contribution in [1.29, 1.82) is 0 Å². The lowest BCUT2D eigenvalue weighted by Crippen LogP contribution is -2.29. The topological polar surface area (TPSA) is 135 Å². The summed E-state index contributed by atoms with van der Waals surface area (Å²) >= 11 is 0. The minimum atomic E-state index is -1.04. The van der Waals surface area contributed by atoms with Crippen molar-refractivity contribution < 1.29 is 44.2 Å². The SMILES string of the molecule is COc1ccc(C(=O)OCC(O)COCC(O)COCC(O)CO)cc1. The molecule has 0 saturated heterocycles. The summed E-state index contributed by atoms with van der Waals surface area (Å²) in [5.74, 6) is 0.0333. The van der Waals surface area contributed by atoms with Gasteiger partial charge in [-0.1, -0.05) is 0 Å². The van der Waals surface area contributed by atoms with E-state index in [1.54, 1.807) is 24.3 Å². The highest BCUT2D eigenvalue weighted by Crippen LogP contribution is 2.12. The molecule has 9 heteroatoms. The van der Waals surface area contributed by atoms with Crippen molar-refractivity contribution >= 4 is 5.97 Å². The predicted octanol–water partition coefficient (Wildman–Crippen LogP) is -1.04. The van der Waals surface area contributed by atoms with Gasteiger partial charge in [-0.05, 0) is 24.3 Å². The van der Waals surface area contributed by atoms with E-state index < -0.39 is 30.9 Å². The van der Waals surface area contributed by atoms with Crippen LogP contribution in [0, 0.1) is 0 Å². The number of carbonyl (C=O) groups is 1. The smallest absolute Gasteiger partial charge is 0.338 e. The van der Waals surface area contributed by atoms with Gasteiger partial charge in [-0.3, -0.25) is 0 Å². The zero-order valence-electron chi connectivity index (χ0n) is 14.6. The molecule has 0 spiro atoms. The van der Waals surface area contributed by atoms with Crippen LogP contribution in [0.15, 0.2) is 24.3 Å². The van der Waals surface area contributed by atoms with E-state index in [0.29, 0.717) is 11.3 Å². The van der Waals surface area contributed by atoms with Crippen LogP contribution in [0.4, 0.5) is 0 Å². The number of aliphatic hydroxyl groups is 4. The van der Waals surface area contributed by atoms with Crippen LogP contribution >= 0.6 is 0 Å². The average molecular weight is 374 g/mol. The first-order valence-electron chi connectivity index (χ1n) is 8.08. The molecule has 0 amide bonds. The fourth-order valence-electron chi connectivity index (χ4n) is 1.81. The Kier molecular flexibility index (Phi) is 10.8. The highest BCUT2D eigenvalue weighted by molar-refractivity contribution is 5.89. The first kappa shape index (κ1) is 22.3. The van der Waals surface area contributed by atoms with Crippen molar-refractivity contribution in [3.05, 3.63) is 29.8 Å². The van der Waals surface area contributed by atoms with Gasteiger partial charge >= 0.3 is 5.97 Å². The van der Waals surface area contributed by atoms with Crippen LogP contribution in [0.25, 0.3) is 0 Å². The summed E-state index contributed by atoms with van der Waals surface area (Å²) in [4.78, 5) is 11.8. The molecule has 3 atom stereocenters. The summed E-state index contributed by atoms with van der Waals surface area (Å²) in [5.41, 5.74) is 0.330. The predicted molar refractivity (Wildman–Crippen MR) is 90.0 cm³/mol. The molecule has 0 fully saturated rings. The summed E-state index contributed by atoms with van der Waals surface area (Å²) in [6, 6.07) is 6.35. The lowest BCUT2D eigenvalue weighted by molar-refractivity contribution is -0.0642. The number of carbonyl (C=O) groups excluding carboxylic acids is 1. The number of esters is 1. The molecule has 0 heterocycles. The van der Waals surface area contributed by atoms with Crippen LogP contribution in [0.1, 0.15) is 10.4 Å². The Bertz CT molecular complexity index is 505. The number of hydrogen-bond acceptors (Lipinski definition) is 9. The molecule has 0 aliphatic heterocycles. The fraction of sp³-hybridized carbons (Fsp3) is 0.588. The van der Waals surface area contributed by atoms with Crippen LogP contribution in [0.5, 0.6) is 5.75 Å². The Morgan fingerprint density at radius 1 is 0.885 bits per heavy atom. The monoisotopic (exact) mass is 374 g/mol. The van der Waals surface area contributed by atoms with Gasteiger partial charge < -0.3 is 39.4 Å². The van der Waals surface area contributed by atoms with Crippen LogP contribution in [-0.4, -0.2) is 91.5 Å². The Hall–Kier alpha value is -1.75. The van der Waals surface area contributed by atoms with Gasteiger partial charge in [0.2, 0.25) is 0 Å². The van der Waals surface area contributed by atoms with Crippen molar-refractivity contribution in [2.75, 3.05) is 46.8 Å². The largest absolute Gasteiger partial charge is 0.497 e. The summed E-state index contributed by atoms with van der Waals surface area (Å²) in [5, 5.41) is 37.0. The van der Waals surface area contributed by atoms with Crippen LogP contribution in [0.2, 0.25) is 0 Å². The van der Waals surface area contributed by atoms with Crippen LogP contribution in [0.3, 0.4) is 0 Å². The quantitative estimate of drug-likeness (QED) is 0.319. The van der Waals surface area contributed by atoms with E-state index in [0.717, 1.165) is 0 Å². The first-order chi connectivity index (χ1) is 12.5. The van der Waals surface area contributed by atoms with Crippen molar-refractivity contribution in [3.8, 4) is 5.75 Å². The normalized spacial score (nSPS) is 14.5. The minimum Gasteiger partial charge on any atom is -0.497 e. The lowest BCUT2D eigenvalue weighted by atomic mass is 10.2. The maximum atomic E-state index is 11.8. The molecule has 3 unspecified atom stereocenters. The summed E-state index contributed by atoms with van der Waals surface area (Å²) in [6.45, 7) is -1.09. The van der Waals surface area contributed by atoms with E-state index in [-0.39, 0.29) is 33.0 Å². The molecular formula is C17H26O9. The van der Waals surface area contributed by atoms with Gasteiger partial charge in [-0.25, -0.2) is 4.79 Å². The second kappa shape index (κ2) is 12.6. The number of hydrogen-bond donors (Lipinski definition) is 4. The van der Waals surface area contributed by atoms with Gasteiger partial charge in [0.1, 0.15) is 30.7 Å². The van der Waals surface area contributed by atoms with E-state index in [1.807, 2.05) is 0 Å². The zero-order chi connectivity index (χ0) is 19.4. The molecule has 4 N–H and O–H groups in total. The van der Waals surface area contributed by atoms with E-state index in [2.05, 4.69) is 0 Å². The fourth-order valence-corrected chi connectivity index (χ4v) is 1.81. The van der Waals surface area contributed by atoms with Crippen molar-refractivity contribution in [1.82, 2.24) is 0 Å².